The molecule has 2 aromatic heterocycles. The molecule has 0 saturated heterocycles. The number of rotatable bonds is 10. The van der Waals surface area contributed by atoms with Crippen LogP contribution in [0.25, 0.3) is 5.69 Å². The van der Waals surface area contributed by atoms with E-state index < -0.39 is 0 Å². The van der Waals surface area contributed by atoms with E-state index in [1.54, 1.807) is 4.68 Å². The monoisotopic (exact) mass is 669 g/mol. The van der Waals surface area contributed by atoms with E-state index in [1.807, 2.05) is 84.8 Å². The molecule has 10 heteroatoms. The molecule has 2 aliphatic rings. The fourth-order valence-corrected chi connectivity index (χ4v) is 7.33. The normalized spacial score (nSPS) is 16.9. The van der Waals surface area contributed by atoms with Crippen LogP contribution in [0.2, 0.25) is 0 Å². The molecule has 10 nitrogen and oxygen atoms in total. The van der Waals surface area contributed by atoms with Crippen LogP contribution < -0.4 is 15.5 Å². The molecule has 3 aromatic carbocycles. The molecular weight excluding hydrogens is 626 g/mol. The number of amides is 2. The Balaban J connectivity index is 0.951. The van der Waals surface area contributed by atoms with Gasteiger partial charge in [0.25, 0.3) is 5.91 Å². The number of aryl methyl sites for hydroxylation is 1. The number of ketones is 1. The van der Waals surface area contributed by atoms with Gasteiger partial charge in [-0.2, -0.15) is 0 Å². The quantitative estimate of drug-likeness (QED) is 0.169. The van der Waals surface area contributed by atoms with Crippen LogP contribution in [0.3, 0.4) is 0 Å². The number of anilines is 2. The van der Waals surface area contributed by atoms with Crippen molar-refractivity contribution < 1.29 is 14.4 Å². The van der Waals surface area contributed by atoms with Gasteiger partial charge in [0.15, 0.2) is 5.78 Å². The van der Waals surface area contributed by atoms with Gasteiger partial charge in [-0.1, -0.05) is 49.4 Å². The molecular formula is C40H43N7O3. The summed E-state index contributed by atoms with van der Waals surface area (Å²) in [5.41, 5.74) is 9.43. The largest absolute Gasteiger partial charge is 0.378 e. The second-order valence-electron chi connectivity index (χ2n) is 13.3. The van der Waals surface area contributed by atoms with Crippen LogP contribution in [-0.2, 0) is 30.7 Å². The van der Waals surface area contributed by atoms with E-state index in [1.165, 1.54) is 5.69 Å². The molecule has 0 unspecified atom stereocenters. The van der Waals surface area contributed by atoms with Crippen LogP contribution in [0, 0.1) is 0 Å². The summed E-state index contributed by atoms with van der Waals surface area (Å²) in [5.74, 6) is 0.204. The fourth-order valence-electron chi connectivity index (χ4n) is 7.33. The average molecular weight is 670 g/mol. The van der Waals surface area contributed by atoms with Crippen LogP contribution in [0.5, 0.6) is 0 Å². The first-order valence-electron chi connectivity index (χ1n) is 17.6. The molecule has 0 saturated carbocycles. The van der Waals surface area contributed by atoms with Crippen molar-refractivity contribution in [1.82, 2.24) is 24.9 Å². The van der Waals surface area contributed by atoms with Crippen molar-refractivity contribution in [3.05, 3.63) is 124 Å². The molecule has 50 heavy (non-hydrogen) atoms. The standard InChI is InChI=1S/C40H43N7O3/c1-4-31-22-34-36(11-8-12-38(34)48)45(31)24-27-13-15-28(16-14-27)40(50)41-23-30-25-46(44-43-30)32-19-17-29(18-20-32)42-35-21-26(3)47(39(49)5-2)37-10-7-6-9-33(35)37/h6-7,9-10,13-20,22,25-26,35,42H,4-5,8,11-12,21,23-24H2,1-3H3,(H,41,50)/t26-,35-/m1/s1. The maximum absolute atomic E-state index is 13.0. The predicted octanol–water partition coefficient (Wildman–Crippen LogP) is 6.82. The summed E-state index contributed by atoms with van der Waals surface area (Å²) in [5, 5.41) is 15.2. The molecule has 2 atom stereocenters. The molecule has 3 heterocycles. The van der Waals surface area contributed by atoms with Crippen molar-refractivity contribution in [2.24, 2.45) is 0 Å². The lowest BCUT2D eigenvalue weighted by molar-refractivity contribution is -0.118. The number of hydrogen-bond donors (Lipinski definition) is 2. The molecule has 0 fully saturated rings. The Morgan fingerprint density at radius 2 is 1.74 bits per heavy atom. The van der Waals surface area contributed by atoms with Gasteiger partial charge in [0, 0.05) is 59.3 Å². The summed E-state index contributed by atoms with van der Waals surface area (Å²) in [6, 6.07) is 26.0. The Bertz CT molecular complexity index is 2030. The summed E-state index contributed by atoms with van der Waals surface area (Å²) in [6.07, 6.45) is 6.43. The number of hydrogen-bond acceptors (Lipinski definition) is 6. The molecule has 5 aromatic rings. The maximum Gasteiger partial charge on any atom is 0.251 e. The molecule has 256 valence electrons. The lowest BCUT2D eigenvalue weighted by Gasteiger charge is -2.40. The lowest BCUT2D eigenvalue weighted by atomic mass is 9.91. The first-order valence-corrected chi connectivity index (χ1v) is 17.6. The van der Waals surface area contributed by atoms with Crippen molar-refractivity contribution in [2.45, 2.75) is 84.5 Å². The number of aromatic nitrogens is 4. The molecule has 2 amide bonds. The fraction of sp³-hybridized carbons (Fsp3) is 0.325. The number of carbonyl (C=O) groups excluding carboxylic acids is 3. The van der Waals surface area contributed by atoms with E-state index in [4.69, 9.17) is 0 Å². The molecule has 7 rings (SSSR count). The number of fused-ring (bicyclic) bond motifs is 2. The van der Waals surface area contributed by atoms with Gasteiger partial charge in [0.2, 0.25) is 5.91 Å². The zero-order valence-corrected chi connectivity index (χ0v) is 28.9. The Hall–Kier alpha value is -5.51. The highest BCUT2D eigenvalue weighted by molar-refractivity contribution is 5.98. The second-order valence-corrected chi connectivity index (χ2v) is 13.3. The van der Waals surface area contributed by atoms with E-state index in [0.29, 0.717) is 30.6 Å². The topological polar surface area (TPSA) is 114 Å². The van der Waals surface area contributed by atoms with Crippen LogP contribution in [0.1, 0.15) is 101 Å². The third-order valence-electron chi connectivity index (χ3n) is 9.94. The molecule has 0 bridgehead atoms. The summed E-state index contributed by atoms with van der Waals surface area (Å²) in [7, 11) is 0. The molecule has 1 aliphatic heterocycles. The van der Waals surface area contributed by atoms with Gasteiger partial charge in [-0.05, 0) is 92.3 Å². The lowest BCUT2D eigenvalue weighted by Crippen LogP contribution is -2.44. The first-order chi connectivity index (χ1) is 24.3. The van der Waals surface area contributed by atoms with Gasteiger partial charge in [-0.15, -0.1) is 5.10 Å². The summed E-state index contributed by atoms with van der Waals surface area (Å²) >= 11 is 0. The van der Waals surface area contributed by atoms with Gasteiger partial charge in [-0.25, -0.2) is 4.68 Å². The van der Waals surface area contributed by atoms with Crippen molar-refractivity contribution in [2.75, 3.05) is 10.2 Å². The van der Waals surface area contributed by atoms with Crippen molar-refractivity contribution in [3.63, 3.8) is 0 Å². The van der Waals surface area contributed by atoms with Gasteiger partial charge < -0.3 is 20.1 Å². The van der Waals surface area contributed by atoms with E-state index in [0.717, 1.165) is 65.1 Å². The molecule has 1 aliphatic carbocycles. The highest BCUT2D eigenvalue weighted by Gasteiger charge is 2.33. The second kappa shape index (κ2) is 14.2. The van der Waals surface area contributed by atoms with Gasteiger partial charge >= 0.3 is 0 Å². The van der Waals surface area contributed by atoms with E-state index in [2.05, 4.69) is 51.5 Å². The zero-order valence-electron chi connectivity index (χ0n) is 28.9. The van der Waals surface area contributed by atoms with E-state index >= 15 is 0 Å². The van der Waals surface area contributed by atoms with E-state index in [-0.39, 0.29) is 36.2 Å². The van der Waals surface area contributed by atoms with Gasteiger partial charge in [-0.3, -0.25) is 14.4 Å². The third kappa shape index (κ3) is 6.57. The predicted molar refractivity (Wildman–Crippen MR) is 194 cm³/mol. The van der Waals surface area contributed by atoms with Crippen LogP contribution in [0.4, 0.5) is 11.4 Å². The van der Waals surface area contributed by atoms with Gasteiger partial charge in [0.05, 0.1) is 24.5 Å². The Kier molecular flexibility index (Phi) is 9.34. The summed E-state index contributed by atoms with van der Waals surface area (Å²) in [6.45, 7) is 7.06. The summed E-state index contributed by atoms with van der Waals surface area (Å²) in [4.78, 5) is 40.0. The van der Waals surface area contributed by atoms with Crippen molar-refractivity contribution in [1.29, 1.82) is 0 Å². The van der Waals surface area contributed by atoms with Crippen LogP contribution >= 0.6 is 0 Å². The molecule has 2 N–H and O–H groups in total. The van der Waals surface area contributed by atoms with Crippen LogP contribution in [-0.4, -0.2) is 43.2 Å². The molecule has 0 radical (unpaired) electrons. The van der Waals surface area contributed by atoms with Gasteiger partial charge in [0.1, 0.15) is 5.69 Å². The number of Topliss-reactive ketones (excluding diaryl/α,β-unsaturated/α-hetero) is 1. The maximum atomic E-state index is 13.0. The number of carbonyl (C=O) groups is 3. The Morgan fingerprint density at radius 3 is 2.50 bits per heavy atom. The number of nitrogens with one attached hydrogen (secondary N) is 2. The minimum Gasteiger partial charge on any atom is -0.378 e. The zero-order chi connectivity index (χ0) is 34.8. The average Bonchev–Trinajstić information content (AvgIpc) is 3.76. The SMILES string of the molecule is CCC(=O)N1c2ccccc2[C@H](Nc2ccc(-n3cc(CNC(=O)c4ccc(Cn5c(CC)cc6c5CCCC6=O)cc4)nn3)cc2)C[C@H]1C. The highest BCUT2D eigenvalue weighted by Crippen LogP contribution is 2.39. The number of nitrogens with zero attached hydrogens (tertiary/aromatic N) is 5. The smallest absolute Gasteiger partial charge is 0.251 e. The first kappa shape index (κ1) is 33.0. The summed E-state index contributed by atoms with van der Waals surface area (Å²) < 4.78 is 3.97. The van der Waals surface area contributed by atoms with E-state index in [9.17, 15) is 14.4 Å². The van der Waals surface area contributed by atoms with Crippen molar-refractivity contribution in [3.8, 4) is 5.69 Å². The molecule has 0 spiro atoms. The number of para-hydroxylation sites is 1. The highest BCUT2D eigenvalue weighted by atomic mass is 16.2. The van der Waals surface area contributed by atoms with Crippen molar-refractivity contribution >= 4 is 29.0 Å². The minimum atomic E-state index is -0.180. The number of benzene rings is 3. The van der Waals surface area contributed by atoms with Crippen LogP contribution in [0.15, 0.2) is 85.1 Å². The third-order valence-corrected chi connectivity index (χ3v) is 9.94. The minimum absolute atomic E-state index is 0.0799. The Labute approximate surface area is 292 Å². The Morgan fingerprint density at radius 1 is 0.960 bits per heavy atom.